The zero-order valence-corrected chi connectivity index (χ0v) is 18.5. The van der Waals surface area contributed by atoms with Gasteiger partial charge in [-0.2, -0.15) is 11.3 Å². The molecule has 1 aromatic carbocycles. The van der Waals surface area contributed by atoms with Gasteiger partial charge in [-0.25, -0.2) is 0 Å². The van der Waals surface area contributed by atoms with E-state index >= 15 is 0 Å². The van der Waals surface area contributed by atoms with E-state index < -0.39 is 0 Å². The number of carbonyl (C=O) groups is 1. The molecule has 2 aliphatic rings. The first-order valence-corrected chi connectivity index (χ1v) is 11.4. The Morgan fingerprint density at radius 2 is 2.07 bits per heavy atom. The summed E-state index contributed by atoms with van der Waals surface area (Å²) in [4.78, 5) is 17.9. The number of rotatable bonds is 3. The molecule has 0 bridgehead atoms. The van der Waals surface area contributed by atoms with Crippen LogP contribution in [0.4, 0.5) is 0 Å². The minimum absolute atomic E-state index is 0.295. The second-order valence-corrected chi connectivity index (χ2v) is 10.5. The maximum atomic E-state index is 13.1. The van der Waals surface area contributed by atoms with E-state index in [1.807, 2.05) is 32.9 Å². The molecule has 0 saturated carbocycles. The first kappa shape index (κ1) is 19.9. The number of likely N-dealkylation sites (tertiary alicyclic amines) is 2. The van der Waals surface area contributed by atoms with Crippen molar-refractivity contribution in [3.63, 3.8) is 0 Å². The fraction of sp³-hybridized carbons (Fsp3) is 0.522. The van der Waals surface area contributed by atoms with E-state index in [4.69, 9.17) is 11.6 Å². The van der Waals surface area contributed by atoms with Crippen molar-refractivity contribution in [3.8, 4) is 0 Å². The van der Waals surface area contributed by atoms with E-state index in [-0.39, 0.29) is 5.41 Å². The highest BCUT2D eigenvalue weighted by Crippen LogP contribution is 2.43. The lowest BCUT2D eigenvalue weighted by molar-refractivity contribution is -0.141. The normalized spacial score (nSPS) is 25.7. The van der Waals surface area contributed by atoms with Gasteiger partial charge in [0.05, 0.1) is 0 Å². The van der Waals surface area contributed by atoms with Crippen LogP contribution in [0.1, 0.15) is 44.2 Å². The third kappa shape index (κ3) is 4.00. The van der Waals surface area contributed by atoms with Gasteiger partial charge in [-0.3, -0.25) is 9.69 Å². The van der Waals surface area contributed by atoms with Crippen molar-refractivity contribution in [2.45, 2.75) is 45.7 Å². The number of piperidine rings is 1. The third-order valence-electron chi connectivity index (χ3n) is 6.18. The first-order valence-electron chi connectivity index (χ1n) is 10.1. The van der Waals surface area contributed by atoms with Crippen molar-refractivity contribution in [1.29, 1.82) is 0 Å². The average Bonchev–Trinajstić information content (AvgIpc) is 3.27. The van der Waals surface area contributed by atoms with Crippen LogP contribution in [-0.2, 0) is 11.3 Å². The Morgan fingerprint density at radius 3 is 2.75 bits per heavy atom. The van der Waals surface area contributed by atoms with E-state index in [1.165, 1.54) is 11.1 Å². The number of hydrogen-bond donors (Lipinski definition) is 0. The van der Waals surface area contributed by atoms with Crippen molar-refractivity contribution in [3.05, 3.63) is 57.2 Å². The fourth-order valence-electron chi connectivity index (χ4n) is 4.85. The summed E-state index contributed by atoms with van der Waals surface area (Å²) in [7, 11) is 0. The van der Waals surface area contributed by atoms with Gasteiger partial charge in [0.15, 0.2) is 0 Å². The lowest BCUT2D eigenvalue weighted by Crippen LogP contribution is -2.49. The van der Waals surface area contributed by atoms with E-state index in [1.54, 1.807) is 11.3 Å². The Morgan fingerprint density at radius 1 is 1.25 bits per heavy atom. The van der Waals surface area contributed by atoms with Gasteiger partial charge < -0.3 is 4.90 Å². The van der Waals surface area contributed by atoms with Crippen LogP contribution in [0.5, 0.6) is 0 Å². The van der Waals surface area contributed by atoms with Crippen LogP contribution in [0.15, 0.2) is 41.1 Å². The molecule has 2 fully saturated rings. The molecule has 28 heavy (non-hydrogen) atoms. The van der Waals surface area contributed by atoms with Gasteiger partial charge in [0, 0.05) is 54.5 Å². The number of thiophene rings is 1. The molecule has 0 N–H and O–H groups in total. The van der Waals surface area contributed by atoms with Crippen molar-refractivity contribution in [2.24, 2.45) is 11.3 Å². The molecule has 0 radical (unpaired) electrons. The summed E-state index contributed by atoms with van der Waals surface area (Å²) in [6, 6.07) is 10.8. The van der Waals surface area contributed by atoms with Gasteiger partial charge in [0.2, 0.25) is 5.91 Å². The van der Waals surface area contributed by atoms with Gasteiger partial charge in [-0.15, -0.1) is 0 Å². The predicted octanol–water partition coefficient (Wildman–Crippen LogP) is 5.26. The second-order valence-electron chi connectivity index (χ2n) is 9.26. The molecule has 0 aliphatic carbocycles. The Bertz CT molecular complexity index is 829. The molecule has 3 atom stereocenters. The highest BCUT2D eigenvalue weighted by Gasteiger charge is 2.48. The maximum absolute atomic E-state index is 13.1. The Hall–Kier alpha value is -1.36. The fourth-order valence-corrected chi connectivity index (χ4v) is 5.78. The van der Waals surface area contributed by atoms with Crippen molar-refractivity contribution in [2.75, 3.05) is 19.6 Å². The molecule has 5 heteroatoms. The molecule has 3 nitrogen and oxygen atoms in total. The molecule has 1 aromatic heterocycles. The van der Waals surface area contributed by atoms with E-state index in [0.717, 1.165) is 37.6 Å². The highest BCUT2D eigenvalue weighted by atomic mass is 35.5. The lowest BCUT2D eigenvalue weighted by atomic mass is 9.82. The van der Waals surface area contributed by atoms with E-state index in [2.05, 4.69) is 38.8 Å². The van der Waals surface area contributed by atoms with Crippen LogP contribution in [0.25, 0.3) is 0 Å². The SMILES string of the molecule is CC(C)(C)C(=O)N1C[C@H](c2ccsc2)[C@H]2CN(Cc3cccc(Cl)c3)CC[C@H]21. The molecule has 4 rings (SSSR count). The van der Waals surface area contributed by atoms with Crippen molar-refractivity contribution < 1.29 is 4.79 Å². The van der Waals surface area contributed by atoms with Gasteiger partial charge in [-0.1, -0.05) is 44.5 Å². The molecule has 2 aliphatic heterocycles. The number of benzene rings is 1. The largest absolute Gasteiger partial charge is 0.338 e. The molecule has 150 valence electrons. The summed E-state index contributed by atoms with van der Waals surface area (Å²) in [5, 5.41) is 5.22. The summed E-state index contributed by atoms with van der Waals surface area (Å²) in [6.45, 7) is 9.95. The number of amides is 1. The number of halogens is 1. The third-order valence-corrected chi connectivity index (χ3v) is 7.12. The highest BCUT2D eigenvalue weighted by molar-refractivity contribution is 7.08. The second kappa shape index (κ2) is 7.81. The van der Waals surface area contributed by atoms with Crippen LogP contribution < -0.4 is 0 Å². The zero-order valence-electron chi connectivity index (χ0n) is 16.9. The van der Waals surface area contributed by atoms with Crippen LogP contribution in [0.3, 0.4) is 0 Å². The van der Waals surface area contributed by atoms with Crippen LogP contribution in [0.2, 0.25) is 5.02 Å². The topological polar surface area (TPSA) is 23.6 Å². The van der Waals surface area contributed by atoms with E-state index in [9.17, 15) is 4.79 Å². The molecule has 2 aromatic rings. The minimum Gasteiger partial charge on any atom is -0.338 e. The Labute approximate surface area is 177 Å². The van der Waals surface area contributed by atoms with Crippen molar-refractivity contribution >= 4 is 28.8 Å². The summed E-state index contributed by atoms with van der Waals surface area (Å²) >= 11 is 7.93. The maximum Gasteiger partial charge on any atom is 0.228 e. The summed E-state index contributed by atoms with van der Waals surface area (Å²) < 4.78 is 0. The molecular formula is C23H29ClN2OS. The van der Waals surface area contributed by atoms with E-state index in [0.29, 0.717) is 23.8 Å². The van der Waals surface area contributed by atoms with Crippen LogP contribution in [0, 0.1) is 11.3 Å². The molecule has 0 unspecified atom stereocenters. The average molecular weight is 417 g/mol. The lowest BCUT2D eigenvalue weighted by Gasteiger charge is -2.40. The summed E-state index contributed by atoms with van der Waals surface area (Å²) in [5.74, 6) is 1.22. The molecular weight excluding hydrogens is 388 g/mol. The monoisotopic (exact) mass is 416 g/mol. The summed E-state index contributed by atoms with van der Waals surface area (Å²) in [5.41, 5.74) is 2.33. The number of fused-ring (bicyclic) bond motifs is 1. The molecule has 3 heterocycles. The molecule has 2 saturated heterocycles. The minimum atomic E-state index is -0.327. The molecule has 1 amide bonds. The number of hydrogen-bond acceptors (Lipinski definition) is 3. The first-order chi connectivity index (χ1) is 13.3. The zero-order chi connectivity index (χ0) is 19.9. The summed E-state index contributed by atoms with van der Waals surface area (Å²) in [6.07, 6.45) is 1.05. The van der Waals surface area contributed by atoms with Gasteiger partial charge in [-0.05, 0) is 46.5 Å². The Kier molecular flexibility index (Phi) is 5.56. The van der Waals surface area contributed by atoms with Crippen LogP contribution in [-0.4, -0.2) is 41.4 Å². The van der Waals surface area contributed by atoms with Crippen molar-refractivity contribution in [1.82, 2.24) is 9.80 Å². The molecule has 0 spiro atoms. The van der Waals surface area contributed by atoms with Gasteiger partial charge in [0.25, 0.3) is 0 Å². The van der Waals surface area contributed by atoms with Crippen LogP contribution >= 0.6 is 22.9 Å². The Balaban J connectivity index is 1.55. The standard InChI is InChI=1S/C23H29ClN2OS/c1-23(2,3)22(27)26-14-19(17-8-10-28-15-17)20-13-25(9-7-21(20)26)12-16-5-4-6-18(24)11-16/h4-6,8,10-11,15,19-21H,7,9,12-14H2,1-3H3/t19-,20-,21-/m1/s1. The predicted molar refractivity (Wildman–Crippen MR) is 117 cm³/mol. The quantitative estimate of drug-likeness (QED) is 0.680. The number of carbonyl (C=O) groups excluding carboxylic acids is 1. The van der Waals surface area contributed by atoms with Gasteiger partial charge in [0.1, 0.15) is 0 Å². The number of nitrogens with zero attached hydrogens (tertiary/aromatic N) is 2. The smallest absolute Gasteiger partial charge is 0.228 e. The van der Waals surface area contributed by atoms with Gasteiger partial charge >= 0.3 is 0 Å².